The van der Waals surface area contributed by atoms with Crippen LogP contribution in [-0.4, -0.2) is 71.7 Å². The molecular formula is C14H29IN4O4S. The molecule has 8 nitrogen and oxygen atoms in total. The minimum atomic E-state index is -2.98. The van der Waals surface area contributed by atoms with Crippen LogP contribution in [0.15, 0.2) is 4.99 Å². The molecule has 1 aliphatic rings. The van der Waals surface area contributed by atoms with Gasteiger partial charge in [0.05, 0.1) is 25.5 Å². The van der Waals surface area contributed by atoms with Gasteiger partial charge in [0, 0.05) is 31.8 Å². The van der Waals surface area contributed by atoms with Gasteiger partial charge in [-0.1, -0.05) is 0 Å². The second-order valence-corrected chi connectivity index (χ2v) is 7.75. The number of halogens is 1. The monoisotopic (exact) mass is 476 g/mol. The Balaban J connectivity index is 0.00000529. The fourth-order valence-corrected chi connectivity index (χ4v) is 2.15. The molecule has 1 aliphatic carbocycles. The van der Waals surface area contributed by atoms with Gasteiger partial charge in [0.2, 0.25) is 5.91 Å². The Morgan fingerprint density at radius 2 is 1.83 bits per heavy atom. The standard InChI is InChI=1S/C14H28N4O4S.HI/c1-3-15-14(17-7-6-16-13(19)12-4-5-12)18-8-9-22-10-11-23(2,20)21;/h12H,3-11H2,1-2H3,(H,16,19)(H2,15,17,18);1H. The molecule has 24 heavy (non-hydrogen) atoms. The average Bonchev–Trinajstić information content (AvgIpc) is 3.30. The summed E-state index contributed by atoms with van der Waals surface area (Å²) in [5.41, 5.74) is 0. The first-order valence-electron chi connectivity index (χ1n) is 7.97. The SMILES string of the molecule is CCNC(=NCCOCCS(C)(=O)=O)NCCNC(=O)C1CC1.I. The smallest absolute Gasteiger partial charge is 0.223 e. The van der Waals surface area contributed by atoms with Crippen molar-refractivity contribution in [1.29, 1.82) is 0 Å². The van der Waals surface area contributed by atoms with Crippen molar-refractivity contribution in [2.24, 2.45) is 10.9 Å². The molecule has 0 aliphatic heterocycles. The van der Waals surface area contributed by atoms with E-state index >= 15 is 0 Å². The van der Waals surface area contributed by atoms with Crippen LogP contribution in [0.5, 0.6) is 0 Å². The van der Waals surface area contributed by atoms with Crippen LogP contribution in [0.1, 0.15) is 19.8 Å². The molecule has 0 saturated heterocycles. The van der Waals surface area contributed by atoms with Crippen molar-refractivity contribution < 1.29 is 17.9 Å². The number of ether oxygens (including phenoxy) is 1. The lowest BCUT2D eigenvalue weighted by molar-refractivity contribution is -0.122. The third-order valence-electron chi connectivity index (χ3n) is 3.11. The van der Waals surface area contributed by atoms with Crippen molar-refractivity contribution in [3.63, 3.8) is 0 Å². The first kappa shape index (κ1) is 23.4. The largest absolute Gasteiger partial charge is 0.378 e. The van der Waals surface area contributed by atoms with Crippen LogP contribution in [0.3, 0.4) is 0 Å². The second-order valence-electron chi connectivity index (χ2n) is 5.49. The number of hydrogen-bond acceptors (Lipinski definition) is 5. The zero-order valence-electron chi connectivity index (χ0n) is 14.3. The van der Waals surface area contributed by atoms with Gasteiger partial charge in [0.15, 0.2) is 5.96 Å². The van der Waals surface area contributed by atoms with E-state index in [9.17, 15) is 13.2 Å². The number of amides is 1. The third-order valence-corrected chi connectivity index (χ3v) is 4.02. The summed E-state index contributed by atoms with van der Waals surface area (Å²) in [5.74, 6) is 1.03. The summed E-state index contributed by atoms with van der Waals surface area (Å²) in [6, 6.07) is 0. The third kappa shape index (κ3) is 12.8. The van der Waals surface area contributed by atoms with Crippen LogP contribution in [0.2, 0.25) is 0 Å². The van der Waals surface area contributed by atoms with Gasteiger partial charge in [-0.2, -0.15) is 0 Å². The van der Waals surface area contributed by atoms with Gasteiger partial charge in [-0.25, -0.2) is 8.42 Å². The van der Waals surface area contributed by atoms with Crippen molar-refractivity contribution in [2.75, 3.05) is 51.4 Å². The van der Waals surface area contributed by atoms with Crippen molar-refractivity contribution >= 4 is 45.7 Å². The lowest BCUT2D eigenvalue weighted by Gasteiger charge is -2.11. The number of rotatable bonds is 11. The molecule has 0 radical (unpaired) electrons. The highest BCUT2D eigenvalue weighted by Gasteiger charge is 2.28. The maximum Gasteiger partial charge on any atom is 0.223 e. The molecule has 1 rings (SSSR count). The Kier molecular flexibility index (Phi) is 12.4. The van der Waals surface area contributed by atoms with Crippen molar-refractivity contribution in [3.8, 4) is 0 Å². The van der Waals surface area contributed by atoms with E-state index in [0.29, 0.717) is 32.2 Å². The lowest BCUT2D eigenvalue weighted by atomic mass is 10.4. The van der Waals surface area contributed by atoms with Gasteiger partial charge < -0.3 is 20.7 Å². The number of sulfone groups is 1. The summed E-state index contributed by atoms with van der Waals surface area (Å²) in [6.07, 6.45) is 3.19. The van der Waals surface area contributed by atoms with E-state index < -0.39 is 9.84 Å². The van der Waals surface area contributed by atoms with Gasteiger partial charge >= 0.3 is 0 Å². The first-order chi connectivity index (χ1) is 10.9. The van der Waals surface area contributed by atoms with Gasteiger partial charge in [-0.3, -0.25) is 9.79 Å². The number of nitrogens with one attached hydrogen (secondary N) is 3. The van der Waals surface area contributed by atoms with Crippen LogP contribution in [0.4, 0.5) is 0 Å². The highest BCUT2D eigenvalue weighted by atomic mass is 127. The normalized spacial score (nSPS) is 14.7. The Hall–Kier alpha value is -0.620. The van der Waals surface area contributed by atoms with E-state index in [1.807, 2.05) is 6.92 Å². The quantitative estimate of drug-likeness (QED) is 0.164. The van der Waals surface area contributed by atoms with E-state index in [4.69, 9.17) is 4.74 Å². The van der Waals surface area contributed by atoms with E-state index in [-0.39, 0.29) is 48.2 Å². The van der Waals surface area contributed by atoms with Gasteiger partial charge in [-0.15, -0.1) is 24.0 Å². The maximum atomic E-state index is 11.5. The van der Waals surface area contributed by atoms with Crippen LogP contribution in [0, 0.1) is 5.92 Å². The number of carbonyl (C=O) groups is 1. The predicted octanol–water partition coefficient (Wildman–Crippen LogP) is -0.253. The van der Waals surface area contributed by atoms with E-state index in [0.717, 1.165) is 19.4 Å². The Morgan fingerprint density at radius 1 is 1.17 bits per heavy atom. The Bertz CT molecular complexity index is 495. The van der Waals surface area contributed by atoms with Crippen molar-refractivity contribution in [1.82, 2.24) is 16.0 Å². The number of guanidine groups is 1. The second kappa shape index (κ2) is 12.7. The molecule has 0 bridgehead atoms. The number of aliphatic imine (C=N–C) groups is 1. The molecule has 1 fully saturated rings. The summed E-state index contributed by atoms with van der Waals surface area (Å²) in [4.78, 5) is 15.8. The van der Waals surface area contributed by atoms with Crippen LogP contribution >= 0.6 is 24.0 Å². The maximum absolute atomic E-state index is 11.5. The van der Waals surface area contributed by atoms with Gasteiger partial charge in [0.1, 0.15) is 9.84 Å². The molecule has 0 unspecified atom stereocenters. The molecule has 1 saturated carbocycles. The summed E-state index contributed by atoms with van der Waals surface area (Å²) >= 11 is 0. The van der Waals surface area contributed by atoms with E-state index in [1.54, 1.807) is 0 Å². The summed E-state index contributed by atoms with van der Waals surface area (Å²) in [7, 11) is -2.98. The minimum Gasteiger partial charge on any atom is -0.378 e. The first-order valence-corrected chi connectivity index (χ1v) is 10.0. The fourth-order valence-electron chi connectivity index (χ4n) is 1.73. The average molecular weight is 476 g/mol. The fraction of sp³-hybridized carbons (Fsp3) is 0.857. The zero-order chi connectivity index (χ0) is 17.1. The van der Waals surface area contributed by atoms with Gasteiger partial charge in [0.25, 0.3) is 0 Å². The summed E-state index contributed by atoms with van der Waals surface area (Å²) < 4.78 is 27.1. The lowest BCUT2D eigenvalue weighted by Crippen LogP contribution is -2.42. The predicted molar refractivity (Wildman–Crippen MR) is 106 cm³/mol. The van der Waals surface area contributed by atoms with Gasteiger partial charge in [-0.05, 0) is 19.8 Å². The molecular weight excluding hydrogens is 447 g/mol. The highest BCUT2D eigenvalue weighted by molar-refractivity contribution is 14.0. The van der Waals surface area contributed by atoms with Crippen LogP contribution < -0.4 is 16.0 Å². The molecule has 0 spiro atoms. The van der Waals surface area contributed by atoms with Crippen LogP contribution in [-0.2, 0) is 19.4 Å². The van der Waals surface area contributed by atoms with Crippen molar-refractivity contribution in [3.05, 3.63) is 0 Å². The van der Waals surface area contributed by atoms with E-state index in [2.05, 4.69) is 20.9 Å². The zero-order valence-corrected chi connectivity index (χ0v) is 17.5. The summed E-state index contributed by atoms with van der Waals surface area (Å²) in [5, 5.41) is 9.09. The molecule has 0 aromatic carbocycles. The van der Waals surface area contributed by atoms with Crippen molar-refractivity contribution in [2.45, 2.75) is 19.8 Å². The van der Waals surface area contributed by atoms with Crippen LogP contribution in [0.25, 0.3) is 0 Å². The molecule has 0 heterocycles. The number of nitrogens with zero attached hydrogens (tertiary/aromatic N) is 1. The molecule has 142 valence electrons. The number of hydrogen-bond donors (Lipinski definition) is 3. The molecule has 1 amide bonds. The Morgan fingerprint density at radius 3 is 2.42 bits per heavy atom. The molecule has 3 N–H and O–H groups in total. The molecule has 0 aromatic rings. The summed E-state index contributed by atoms with van der Waals surface area (Å²) in [6.45, 7) is 4.84. The molecule has 0 atom stereocenters. The topological polar surface area (TPSA) is 109 Å². The molecule has 0 aromatic heterocycles. The number of carbonyl (C=O) groups excluding carboxylic acids is 1. The van der Waals surface area contributed by atoms with E-state index in [1.165, 1.54) is 6.26 Å². The Labute approximate surface area is 161 Å². The minimum absolute atomic E-state index is 0. The highest BCUT2D eigenvalue weighted by Crippen LogP contribution is 2.28. The molecule has 10 heteroatoms.